The number of rotatable bonds is 33. The number of nitrogens with one attached hydrogen (secondary N) is 8. The molecule has 2 aromatic rings. The molecule has 26 nitrogen and oxygen atoms in total. The highest BCUT2D eigenvalue weighted by Crippen LogP contribution is 2.14. The molecular weight excluding hydrogens is 927 g/mol. The fraction of sp³-hybridized carbons (Fsp3) is 0.578. The molecule has 2 rings (SSSR count). The number of H-pyrrole nitrogens is 1. The van der Waals surface area contributed by atoms with E-state index in [1.54, 1.807) is 6.92 Å². The maximum atomic E-state index is 14.1. The highest BCUT2D eigenvalue weighted by molar-refractivity contribution is 5.98. The van der Waals surface area contributed by atoms with Crippen LogP contribution in [0.2, 0.25) is 0 Å². The number of aliphatic imine (C=N–C) groups is 1. The first-order chi connectivity index (χ1) is 33.5. The molecule has 26 heteroatoms. The molecule has 0 unspecified atom stereocenters. The van der Waals surface area contributed by atoms with Crippen molar-refractivity contribution in [2.24, 2.45) is 45.5 Å². The third-order valence-corrected chi connectivity index (χ3v) is 11.1. The van der Waals surface area contributed by atoms with Gasteiger partial charge >= 0.3 is 5.97 Å². The number of primary amides is 1. The number of hydrogen-bond acceptors (Lipinski definition) is 14. The molecule has 0 aliphatic carbocycles. The molecule has 71 heavy (non-hydrogen) atoms. The molecule has 394 valence electrons. The smallest absolute Gasteiger partial charge is 0.326 e. The summed E-state index contributed by atoms with van der Waals surface area (Å²) in [5, 5.41) is 37.2. The van der Waals surface area contributed by atoms with Crippen molar-refractivity contribution in [1.29, 1.82) is 0 Å². The number of guanidine groups is 1. The molecule has 1 aromatic heterocycles. The van der Waals surface area contributed by atoms with Gasteiger partial charge in [-0.3, -0.25) is 43.3 Å². The quantitative estimate of drug-likeness (QED) is 0.0187. The molecule has 0 saturated heterocycles. The minimum absolute atomic E-state index is 0.0133. The number of aliphatic carboxylic acids is 1. The number of aromatic hydroxyl groups is 1. The van der Waals surface area contributed by atoms with E-state index in [4.69, 9.17) is 28.7 Å². The van der Waals surface area contributed by atoms with Crippen LogP contribution in [0.4, 0.5) is 0 Å². The second-order valence-electron chi connectivity index (χ2n) is 17.6. The Bertz CT molecular complexity index is 2100. The summed E-state index contributed by atoms with van der Waals surface area (Å²) in [6.45, 7) is 7.02. The number of nitrogens with two attached hydrogens (primary N) is 5. The molecule has 0 fully saturated rings. The lowest BCUT2D eigenvalue weighted by molar-refractivity contribution is -0.142. The van der Waals surface area contributed by atoms with Gasteiger partial charge < -0.3 is 81.1 Å². The van der Waals surface area contributed by atoms with Gasteiger partial charge in [0.2, 0.25) is 47.3 Å². The first-order valence-electron chi connectivity index (χ1n) is 23.4. The standard InChI is InChI=1S/C45H73N15O11/c1-5-25(4)37(48)43(69)60-31(17-24(2)3)38(64)53-22-36(63)55-33(19-27-21-51-23-54-27)41(67)56-29(10-8-16-52-45(49)50)39(65)59-34(20-35(47)62)42(68)58-32(18-26-11-13-28(61)14-12-26)40(66)57-30(44(70)71)9-6-7-15-46/h11-14,21,23-25,29-34,37,61H,5-10,15-20,22,46,48H2,1-4H3,(H2,47,62)(H,51,54)(H,53,64)(H,55,63)(H,56,67)(H,57,66)(H,58,68)(H,59,65)(H,60,69)(H,70,71)(H4,49,50,52)/t25-,29+,30+,31+,32+,33+,34+,37+/m0/s1. The van der Waals surface area contributed by atoms with Gasteiger partial charge in [-0.15, -0.1) is 0 Å². The van der Waals surface area contributed by atoms with Crippen molar-refractivity contribution >= 4 is 59.2 Å². The number of hydrogen-bond donors (Lipinski definition) is 15. The van der Waals surface area contributed by atoms with Gasteiger partial charge in [-0.2, -0.15) is 0 Å². The lowest BCUT2D eigenvalue weighted by Crippen LogP contribution is -2.60. The lowest BCUT2D eigenvalue weighted by Gasteiger charge is -2.27. The van der Waals surface area contributed by atoms with Crippen LogP contribution >= 0.6 is 0 Å². The van der Waals surface area contributed by atoms with Crippen LogP contribution in [0, 0.1) is 11.8 Å². The first-order valence-corrected chi connectivity index (χ1v) is 23.4. The van der Waals surface area contributed by atoms with Crippen molar-refractivity contribution in [3.8, 4) is 5.75 Å². The van der Waals surface area contributed by atoms with Gasteiger partial charge in [-0.05, 0) is 74.6 Å². The maximum absolute atomic E-state index is 14.1. The second-order valence-corrected chi connectivity index (χ2v) is 17.6. The third-order valence-electron chi connectivity index (χ3n) is 11.1. The number of amides is 8. The predicted octanol–water partition coefficient (Wildman–Crippen LogP) is -3.51. The normalized spacial score (nSPS) is 14.4. The van der Waals surface area contributed by atoms with Gasteiger partial charge in [-0.1, -0.05) is 46.2 Å². The van der Waals surface area contributed by atoms with Gasteiger partial charge in [-0.25, -0.2) is 9.78 Å². The monoisotopic (exact) mass is 1000 g/mol. The zero-order valence-corrected chi connectivity index (χ0v) is 40.7. The molecule has 8 amide bonds. The first kappa shape index (κ1) is 59.8. The fourth-order valence-corrected chi connectivity index (χ4v) is 6.94. The van der Waals surface area contributed by atoms with Gasteiger partial charge in [0.25, 0.3) is 0 Å². The largest absolute Gasteiger partial charge is 0.508 e. The van der Waals surface area contributed by atoms with E-state index in [9.17, 15) is 53.4 Å². The second kappa shape index (κ2) is 31.0. The van der Waals surface area contributed by atoms with E-state index in [2.05, 4.69) is 52.2 Å². The van der Waals surface area contributed by atoms with E-state index in [-0.39, 0.29) is 75.2 Å². The van der Waals surface area contributed by atoms with Crippen LogP contribution in [0.25, 0.3) is 0 Å². The van der Waals surface area contributed by atoms with E-state index in [0.717, 1.165) is 0 Å². The average molecular weight is 1000 g/mol. The van der Waals surface area contributed by atoms with E-state index in [0.29, 0.717) is 30.5 Å². The predicted molar refractivity (Wildman–Crippen MR) is 260 cm³/mol. The average Bonchev–Trinajstić information content (AvgIpc) is 3.83. The van der Waals surface area contributed by atoms with Crippen molar-refractivity contribution in [2.75, 3.05) is 19.6 Å². The number of nitrogens with zero attached hydrogens (tertiary/aromatic N) is 2. The summed E-state index contributed by atoms with van der Waals surface area (Å²) in [7, 11) is 0. The van der Waals surface area contributed by atoms with Crippen LogP contribution in [0.15, 0.2) is 41.8 Å². The molecular formula is C45H73N15O11. The summed E-state index contributed by atoms with van der Waals surface area (Å²) >= 11 is 0. The SMILES string of the molecule is CC[C@H](C)[C@@H](N)C(=O)N[C@H](CC(C)C)C(=O)NCC(=O)N[C@H](Cc1cnc[nH]1)C(=O)N[C@H](CCCN=C(N)N)C(=O)N[C@H](CC(N)=O)C(=O)N[C@H](Cc1ccc(O)cc1)C(=O)N[C@H](CCCCN)C(=O)O. The van der Waals surface area contributed by atoms with Crippen molar-refractivity contribution in [3.63, 3.8) is 0 Å². The third kappa shape index (κ3) is 22.7. The number of aromatic amines is 1. The van der Waals surface area contributed by atoms with E-state index in [1.165, 1.54) is 36.8 Å². The van der Waals surface area contributed by atoms with Crippen molar-refractivity contribution < 1.29 is 53.4 Å². The maximum Gasteiger partial charge on any atom is 0.326 e. The van der Waals surface area contributed by atoms with Crippen LogP contribution in [0.3, 0.4) is 0 Å². The number of unbranched alkanes of at least 4 members (excludes halogenated alkanes) is 1. The Labute approximate surface area is 412 Å². The van der Waals surface area contributed by atoms with Crippen LogP contribution in [0.1, 0.15) is 90.3 Å². The zero-order valence-electron chi connectivity index (χ0n) is 40.7. The van der Waals surface area contributed by atoms with E-state index >= 15 is 0 Å². The number of carboxylic acid groups (broad SMARTS) is 1. The van der Waals surface area contributed by atoms with Crippen molar-refractivity contribution in [1.82, 2.24) is 47.2 Å². The Morgan fingerprint density at radius 3 is 1.83 bits per heavy atom. The van der Waals surface area contributed by atoms with E-state index in [1.807, 2.05) is 20.8 Å². The molecule has 0 aliphatic rings. The Morgan fingerprint density at radius 1 is 0.704 bits per heavy atom. The molecule has 0 radical (unpaired) electrons. The molecule has 0 spiro atoms. The number of benzene rings is 1. The molecule has 20 N–H and O–H groups in total. The van der Waals surface area contributed by atoms with Gasteiger partial charge in [0.1, 0.15) is 42.0 Å². The Balaban J connectivity index is 2.41. The van der Waals surface area contributed by atoms with Gasteiger partial charge in [0, 0.05) is 31.3 Å². The number of imidazole rings is 1. The molecule has 8 atom stereocenters. The minimum atomic E-state index is -1.76. The molecule has 1 heterocycles. The van der Waals surface area contributed by atoms with Crippen LogP contribution in [-0.2, 0) is 56.0 Å². The summed E-state index contributed by atoms with van der Waals surface area (Å²) in [6.07, 6.45) is 3.12. The van der Waals surface area contributed by atoms with E-state index < -0.39 is 108 Å². The summed E-state index contributed by atoms with van der Waals surface area (Å²) in [5.74, 6) is -8.91. The van der Waals surface area contributed by atoms with Gasteiger partial charge in [0.05, 0.1) is 25.3 Å². The molecule has 1 aromatic carbocycles. The minimum Gasteiger partial charge on any atom is -0.508 e. The van der Waals surface area contributed by atoms with Crippen LogP contribution in [-0.4, -0.2) is 141 Å². The Kier molecular flexibility index (Phi) is 26.1. The number of phenols is 1. The molecule has 0 saturated carbocycles. The van der Waals surface area contributed by atoms with Gasteiger partial charge in [0.15, 0.2) is 5.96 Å². The number of aromatic nitrogens is 2. The zero-order chi connectivity index (χ0) is 53.2. The van der Waals surface area contributed by atoms with Crippen LogP contribution < -0.4 is 65.9 Å². The number of phenolic OH excluding ortho intramolecular Hbond substituents is 1. The topological polar surface area (TPSA) is 449 Å². The summed E-state index contributed by atoms with van der Waals surface area (Å²) in [5.41, 5.74) is 28.9. The van der Waals surface area contributed by atoms with Crippen molar-refractivity contribution in [3.05, 3.63) is 48.0 Å². The van der Waals surface area contributed by atoms with Crippen molar-refractivity contribution in [2.45, 2.75) is 134 Å². The highest BCUT2D eigenvalue weighted by Gasteiger charge is 2.34. The number of carbonyl (C=O) groups is 9. The summed E-state index contributed by atoms with van der Waals surface area (Å²) in [4.78, 5) is 131. The molecule has 0 aliphatic heterocycles. The Hall–Kier alpha value is -7.35. The summed E-state index contributed by atoms with van der Waals surface area (Å²) < 4.78 is 0. The summed E-state index contributed by atoms with van der Waals surface area (Å²) in [6, 6.07) is -3.84. The highest BCUT2D eigenvalue weighted by atomic mass is 16.4. The number of carboxylic acids is 1. The Morgan fingerprint density at radius 2 is 1.27 bits per heavy atom. The fourth-order valence-electron chi connectivity index (χ4n) is 6.94. The lowest BCUT2D eigenvalue weighted by atomic mass is 9.97. The number of carbonyl (C=O) groups excluding carboxylic acids is 8. The van der Waals surface area contributed by atoms with Crippen LogP contribution in [0.5, 0.6) is 5.75 Å². The molecule has 0 bridgehead atoms.